The van der Waals surface area contributed by atoms with Crippen molar-refractivity contribution in [2.24, 2.45) is 0 Å². The van der Waals surface area contributed by atoms with Crippen LogP contribution in [0.5, 0.6) is 0 Å². The van der Waals surface area contributed by atoms with Crippen molar-refractivity contribution >= 4 is 27.9 Å². The number of aliphatic carboxylic acids is 1. The van der Waals surface area contributed by atoms with E-state index in [-0.39, 0.29) is 12.5 Å². The van der Waals surface area contributed by atoms with Gasteiger partial charge < -0.3 is 15.7 Å². The quantitative estimate of drug-likeness (QED) is 0.597. The molecule has 16 heavy (non-hydrogen) atoms. The van der Waals surface area contributed by atoms with E-state index in [0.29, 0.717) is 24.0 Å². The molecule has 0 aromatic heterocycles. The van der Waals surface area contributed by atoms with E-state index < -0.39 is 5.97 Å². The van der Waals surface area contributed by atoms with E-state index in [1.165, 1.54) is 0 Å². The standard InChI is InChI=1S/C10H17BrN2O3/c1-8(11)7-13-10(16)12-6-4-2-3-5-9(14)15/h1-7H2,(H,14,15)(H2,12,13,16). The number of carboxylic acid groups (broad SMARTS) is 1. The van der Waals surface area contributed by atoms with Gasteiger partial charge in [0.1, 0.15) is 0 Å². The van der Waals surface area contributed by atoms with Crippen molar-refractivity contribution in [3.63, 3.8) is 0 Å². The summed E-state index contributed by atoms with van der Waals surface area (Å²) in [7, 11) is 0. The van der Waals surface area contributed by atoms with E-state index in [9.17, 15) is 9.59 Å². The molecule has 0 rings (SSSR count). The predicted molar refractivity (Wildman–Crippen MR) is 65.6 cm³/mol. The highest BCUT2D eigenvalue weighted by Gasteiger charge is 1.99. The van der Waals surface area contributed by atoms with Crippen LogP contribution < -0.4 is 10.6 Å². The highest BCUT2D eigenvalue weighted by Crippen LogP contribution is 1.98. The van der Waals surface area contributed by atoms with Crippen LogP contribution in [0.1, 0.15) is 25.7 Å². The first-order chi connectivity index (χ1) is 7.52. The van der Waals surface area contributed by atoms with Gasteiger partial charge in [-0.3, -0.25) is 4.79 Å². The van der Waals surface area contributed by atoms with Crippen molar-refractivity contribution in [2.75, 3.05) is 13.1 Å². The van der Waals surface area contributed by atoms with Crippen LogP contribution in [0.15, 0.2) is 11.1 Å². The number of urea groups is 1. The summed E-state index contributed by atoms with van der Waals surface area (Å²) in [5.41, 5.74) is 0. The molecular weight excluding hydrogens is 276 g/mol. The lowest BCUT2D eigenvalue weighted by Crippen LogP contribution is -2.36. The zero-order chi connectivity index (χ0) is 12.4. The number of amides is 2. The number of carbonyl (C=O) groups excluding carboxylic acids is 1. The molecule has 0 aliphatic carbocycles. The molecule has 0 fully saturated rings. The van der Waals surface area contributed by atoms with E-state index >= 15 is 0 Å². The largest absolute Gasteiger partial charge is 0.481 e. The van der Waals surface area contributed by atoms with E-state index in [0.717, 1.165) is 12.8 Å². The molecule has 0 atom stereocenters. The van der Waals surface area contributed by atoms with Gasteiger partial charge in [-0.1, -0.05) is 28.9 Å². The molecule has 5 nitrogen and oxygen atoms in total. The Morgan fingerprint density at radius 3 is 2.44 bits per heavy atom. The monoisotopic (exact) mass is 292 g/mol. The van der Waals surface area contributed by atoms with Crippen LogP contribution in [0, 0.1) is 0 Å². The van der Waals surface area contributed by atoms with Gasteiger partial charge in [0, 0.05) is 17.4 Å². The van der Waals surface area contributed by atoms with Crippen LogP contribution in [0.2, 0.25) is 0 Å². The van der Waals surface area contributed by atoms with Gasteiger partial charge >= 0.3 is 12.0 Å². The summed E-state index contributed by atoms with van der Waals surface area (Å²) in [5, 5.41) is 13.7. The summed E-state index contributed by atoms with van der Waals surface area (Å²) < 4.78 is 0.712. The van der Waals surface area contributed by atoms with E-state index in [2.05, 4.69) is 33.1 Å². The number of carboxylic acids is 1. The van der Waals surface area contributed by atoms with Gasteiger partial charge in [-0.25, -0.2) is 4.79 Å². The number of hydrogen-bond donors (Lipinski definition) is 3. The lowest BCUT2D eigenvalue weighted by molar-refractivity contribution is -0.137. The minimum atomic E-state index is -0.776. The van der Waals surface area contributed by atoms with Crippen LogP contribution in [0.25, 0.3) is 0 Å². The predicted octanol–water partition coefficient (Wildman–Crippen LogP) is 1.84. The summed E-state index contributed by atoms with van der Waals surface area (Å²) in [6, 6.07) is -0.237. The Bertz CT molecular complexity index is 256. The van der Waals surface area contributed by atoms with Crippen molar-refractivity contribution in [1.82, 2.24) is 10.6 Å². The Balaban J connectivity index is 3.27. The first-order valence-corrected chi connectivity index (χ1v) is 5.88. The Morgan fingerprint density at radius 2 is 1.88 bits per heavy atom. The second-order valence-electron chi connectivity index (χ2n) is 3.33. The lowest BCUT2D eigenvalue weighted by atomic mass is 10.2. The molecule has 3 N–H and O–H groups in total. The average Bonchev–Trinajstić information content (AvgIpc) is 2.19. The summed E-state index contributed by atoms with van der Waals surface area (Å²) in [4.78, 5) is 21.3. The molecule has 0 saturated carbocycles. The van der Waals surface area contributed by atoms with Crippen molar-refractivity contribution in [1.29, 1.82) is 0 Å². The average molecular weight is 293 g/mol. The van der Waals surface area contributed by atoms with Crippen molar-refractivity contribution in [2.45, 2.75) is 25.7 Å². The zero-order valence-electron chi connectivity index (χ0n) is 9.09. The maximum absolute atomic E-state index is 11.1. The topological polar surface area (TPSA) is 78.4 Å². The first kappa shape index (κ1) is 15.0. The minimum absolute atomic E-state index is 0.190. The first-order valence-electron chi connectivity index (χ1n) is 5.09. The molecule has 0 heterocycles. The summed E-state index contributed by atoms with van der Waals surface area (Å²) in [6.07, 6.45) is 2.43. The third-order valence-corrected chi connectivity index (χ3v) is 2.07. The van der Waals surface area contributed by atoms with Gasteiger partial charge in [-0.2, -0.15) is 0 Å². The molecule has 0 unspecified atom stereocenters. The molecule has 2 amide bonds. The third-order valence-electron chi connectivity index (χ3n) is 1.79. The van der Waals surface area contributed by atoms with E-state index in [1.54, 1.807) is 0 Å². The highest BCUT2D eigenvalue weighted by atomic mass is 79.9. The fourth-order valence-corrected chi connectivity index (χ4v) is 1.16. The maximum Gasteiger partial charge on any atom is 0.315 e. The summed E-state index contributed by atoms with van der Waals surface area (Å²) >= 11 is 3.13. The Hall–Kier alpha value is -1.04. The SMILES string of the molecule is C=C(Br)CNC(=O)NCCCCCC(=O)O. The molecule has 6 heteroatoms. The number of unbranched alkanes of at least 4 members (excludes halogenated alkanes) is 2. The fourth-order valence-electron chi connectivity index (χ4n) is 1.02. The number of rotatable bonds is 8. The summed E-state index contributed by atoms with van der Waals surface area (Å²) in [5.74, 6) is -0.776. The molecule has 0 spiro atoms. The molecule has 0 aliphatic rings. The van der Waals surface area contributed by atoms with Crippen molar-refractivity contribution in [3.8, 4) is 0 Å². The van der Waals surface area contributed by atoms with Crippen LogP contribution in [0.4, 0.5) is 4.79 Å². The van der Waals surface area contributed by atoms with Gasteiger partial charge in [0.05, 0.1) is 6.54 Å². The van der Waals surface area contributed by atoms with Crippen molar-refractivity contribution in [3.05, 3.63) is 11.1 Å². The number of hydrogen-bond acceptors (Lipinski definition) is 2. The normalized spacial score (nSPS) is 9.56. The van der Waals surface area contributed by atoms with Crippen molar-refractivity contribution < 1.29 is 14.7 Å². The molecule has 92 valence electrons. The Morgan fingerprint density at radius 1 is 1.19 bits per heavy atom. The van der Waals surface area contributed by atoms with Gasteiger partial charge in [0.25, 0.3) is 0 Å². The van der Waals surface area contributed by atoms with Crippen LogP contribution in [-0.2, 0) is 4.79 Å². The van der Waals surface area contributed by atoms with Crippen LogP contribution in [-0.4, -0.2) is 30.2 Å². The van der Waals surface area contributed by atoms with Crippen LogP contribution >= 0.6 is 15.9 Å². The highest BCUT2D eigenvalue weighted by molar-refractivity contribution is 9.11. The number of halogens is 1. The fraction of sp³-hybridized carbons (Fsp3) is 0.600. The molecule has 0 aromatic rings. The molecule has 0 saturated heterocycles. The Labute approximate surface area is 103 Å². The maximum atomic E-state index is 11.1. The Kier molecular flexibility index (Phi) is 8.61. The van der Waals surface area contributed by atoms with Gasteiger partial charge in [0.15, 0.2) is 0 Å². The second-order valence-corrected chi connectivity index (χ2v) is 4.45. The molecule has 0 radical (unpaired) electrons. The molecule has 0 aliphatic heterocycles. The third kappa shape index (κ3) is 11.0. The van der Waals surface area contributed by atoms with E-state index in [1.807, 2.05) is 0 Å². The van der Waals surface area contributed by atoms with E-state index in [4.69, 9.17) is 5.11 Å². The molecule has 0 aromatic carbocycles. The number of carbonyl (C=O) groups is 2. The smallest absolute Gasteiger partial charge is 0.315 e. The van der Waals surface area contributed by atoms with Crippen LogP contribution in [0.3, 0.4) is 0 Å². The molecular formula is C10H17BrN2O3. The van der Waals surface area contributed by atoms with Gasteiger partial charge in [-0.05, 0) is 12.8 Å². The zero-order valence-corrected chi connectivity index (χ0v) is 10.7. The van der Waals surface area contributed by atoms with Gasteiger partial charge in [-0.15, -0.1) is 0 Å². The lowest BCUT2D eigenvalue weighted by Gasteiger charge is -2.06. The minimum Gasteiger partial charge on any atom is -0.481 e. The number of nitrogens with one attached hydrogen (secondary N) is 2. The second kappa shape index (κ2) is 9.21. The van der Waals surface area contributed by atoms with Gasteiger partial charge in [0.2, 0.25) is 0 Å². The summed E-state index contributed by atoms with van der Waals surface area (Å²) in [6.45, 7) is 4.53. The molecule has 0 bridgehead atoms.